The number of hydrogen-bond donors (Lipinski definition) is 0. The molecule has 0 aromatic heterocycles. The molecule has 7 heteroatoms. The molecule has 0 spiro atoms. The molecule has 0 fully saturated rings. The lowest BCUT2D eigenvalue weighted by atomic mass is 10.1. The average molecular weight is 292 g/mol. The normalized spacial score (nSPS) is 13.3. The average Bonchev–Trinajstić information content (AvgIpc) is 2.35. The van der Waals surface area contributed by atoms with Gasteiger partial charge in [-0.3, -0.25) is 0 Å². The minimum Gasteiger partial charge on any atom is -0.433 e. The summed E-state index contributed by atoms with van der Waals surface area (Å²) in [6, 6.07) is 5.21. The number of ether oxygens (including phenoxy) is 1. The van der Waals surface area contributed by atoms with Crippen LogP contribution in [0.15, 0.2) is 29.2 Å². The molecule has 0 heterocycles. The Morgan fingerprint density at radius 2 is 1.95 bits per heavy atom. The van der Waals surface area contributed by atoms with Gasteiger partial charge >= 0.3 is 6.61 Å². The first kappa shape index (κ1) is 15.6. The number of benzene rings is 1. The van der Waals surface area contributed by atoms with E-state index in [1.54, 1.807) is 6.92 Å². The van der Waals surface area contributed by atoms with Crippen molar-refractivity contribution in [2.45, 2.75) is 24.9 Å². The van der Waals surface area contributed by atoms with Gasteiger partial charge in [-0.15, -0.1) is 0 Å². The number of carbonyl (C=O) groups excluding carboxylic acids is 1. The van der Waals surface area contributed by atoms with Gasteiger partial charge in [-0.2, -0.15) is 8.78 Å². The second-order valence-electron chi connectivity index (χ2n) is 4.05. The zero-order valence-corrected chi connectivity index (χ0v) is 11.1. The van der Waals surface area contributed by atoms with Gasteiger partial charge in [0.1, 0.15) is 16.9 Å². The number of hydrogen-bond acceptors (Lipinski definition) is 4. The Balaban J connectivity index is 2.97. The largest absolute Gasteiger partial charge is 0.433 e. The number of halogens is 2. The van der Waals surface area contributed by atoms with Crippen molar-refractivity contribution in [1.82, 2.24) is 0 Å². The maximum atomic E-state index is 12.2. The van der Waals surface area contributed by atoms with Gasteiger partial charge in [0, 0.05) is 5.92 Å². The van der Waals surface area contributed by atoms with Crippen LogP contribution < -0.4 is 4.74 Å². The topological polar surface area (TPSA) is 60.4 Å². The van der Waals surface area contributed by atoms with Gasteiger partial charge in [0.25, 0.3) is 0 Å². The highest BCUT2D eigenvalue weighted by Gasteiger charge is 2.21. The van der Waals surface area contributed by atoms with E-state index in [1.165, 1.54) is 24.3 Å². The first-order valence-corrected chi connectivity index (χ1v) is 7.24. The van der Waals surface area contributed by atoms with E-state index in [4.69, 9.17) is 0 Å². The summed E-state index contributed by atoms with van der Waals surface area (Å²) in [6.45, 7) is -1.50. The molecule has 0 aliphatic carbocycles. The van der Waals surface area contributed by atoms with Crippen LogP contribution >= 0.6 is 0 Å². The molecular formula is C12H14F2O4S. The van der Waals surface area contributed by atoms with Crippen LogP contribution in [-0.2, 0) is 14.6 Å². The first-order chi connectivity index (χ1) is 8.86. The van der Waals surface area contributed by atoms with E-state index >= 15 is 0 Å². The minimum absolute atomic E-state index is 0.134. The summed E-state index contributed by atoms with van der Waals surface area (Å²) in [5.41, 5.74) is 0. The number of para-hydroxylation sites is 1. The highest BCUT2D eigenvalue weighted by Crippen LogP contribution is 2.26. The van der Waals surface area contributed by atoms with Crippen LogP contribution in [0, 0.1) is 5.92 Å². The summed E-state index contributed by atoms with van der Waals surface area (Å²) in [5.74, 6) is -1.08. The summed E-state index contributed by atoms with van der Waals surface area (Å²) >= 11 is 0. The Hall–Kier alpha value is -1.50. The monoisotopic (exact) mass is 292 g/mol. The summed E-state index contributed by atoms with van der Waals surface area (Å²) in [5, 5.41) is 0. The van der Waals surface area contributed by atoms with E-state index < -0.39 is 22.4 Å². The van der Waals surface area contributed by atoms with Crippen molar-refractivity contribution in [1.29, 1.82) is 0 Å². The fourth-order valence-corrected chi connectivity index (χ4v) is 3.03. The molecule has 1 atom stereocenters. The van der Waals surface area contributed by atoms with Crippen LogP contribution in [0.5, 0.6) is 5.75 Å². The van der Waals surface area contributed by atoms with E-state index in [-0.39, 0.29) is 22.8 Å². The van der Waals surface area contributed by atoms with Crippen molar-refractivity contribution in [2.75, 3.05) is 5.75 Å². The van der Waals surface area contributed by atoms with Crippen LogP contribution in [0.1, 0.15) is 13.3 Å². The molecule has 4 nitrogen and oxygen atoms in total. The Morgan fingerprint density at radius 1 is 1.32 bits per heavy atom. The third-order valence-electron chi connectivity index (χ3n) is 2.47. The lowest BCUT2D eigenvalue weighted by Gasteiger charge is -2.11. The predicted molar refractivity (Wildman–Crippen MR) is 65.0 cm³/mol. The van der Waals surface area contributed by atoms with Gasteiger partial charge in [-0.05, 0) is 18.6 Å². The highest BCUT2D eigenvalue weighted by atomic mass is 32.2. The van der Waals surface area contributed by atoms with Crippen LogP contribution in [0.4, 0.5) is 8.78 Å². The zero-order chi connectivity index (χ0) is 14.5. The van der Waals surface area contributed by atoms with Crippen LogP contribution in [0.3, 0.4) is 0 Å². The van der Waals surface area contributed by atoms with Gasteiger partial charge in [0.2, 0.25) is 0 Å². The first-order valence-electron chi connectivity index (χ1n) is 5.58. The molecular weight excluding hydrogens is 278 g/mol. The smallest absolute Gasteiger partial charge is 0.387 e. The second-order valence-corrected chi connectivity index (χ2v) is 6.12. The molecule has 0 bridgehead atoms. The molecule has 0 aliphatic heterocycles. The molecule has 0 unspecified atom stereocenters. The van der Waals surface area contributed by atoms with Gasteiger partial charge in [-0.1, -0.05) is 19.1 Å². The molecule has 0 radical (unpaired) electrons. The SMILES string of the molecule is C[C@H](C=O)CCS(=O)(=O)c1ccccc1OC(F)F. The molecule has 1 aromatic rings. The molecule has 106 valence electrons. The standard InChI is InChI=1S/C12H14F2O4S/c1-9(8-15)6-7-19(16,17)11-5-3-2-4-10(11)18-12(13)14/h2-5,8-9,12H,6-7H2,1H3/t9-/m0/s1. The third-order valence-corrected chi connectivity index (χ3v) is 4.26. The summed E-state index contributed by atoms with van der Waals surface area (Å²) in [6.07, 6.45) is 0.784. The molecule has 19 heavy (non-hydrogen) atoms. The third kappa shape index (κ3) is 4.59. The zero-order valence-electron chi connectivity index (χ0n) is 10.3. The molecule has 0 aliphatic rings. The van der Waals surface area contributed by atoms with Crippen LogP contribution in [0.25, 0.3) is 0 Å². The minimum atomic E-state index is -3.76. The Labute approximate surface area is 110 Å². The van der Waals surface area contributed by atoms with Crippen molar-refractivity contribution in [3.8, 4) is 5.75 Å². The Bertz CT molecular complexity index is 528. The van der Waals surface area contributed by atoms with Crippen molar-refractivity contribution >= 4 is 16.1 Å². The Kier molecular flexibility index (Phi) is 5.41. The van der Waals surface area contributed by atoms with E-state index in [1.807, 2.05) is 0 Å². The van der Waals surface area contributed by atoms with Crippen molar-refractivity contribution in [2.24, 2.45) is 5.92 Å². The van der Waals surface area contributed by atoms with E-state index in [0.717, 1.165) is 0 Å². The summed E-state index contributed by atoms with van der Waals surface area (Å²) in [4.78, 5) is 10.2. The lowest BCUT2D eigenvalue weighted by molar-refractivity contribution is -0.110. The maximum absolute atomic E-state index is 12.2. The second kappa shape index (κ2) is 6.60. The number of alkyl halides is 2. The van der Waals surface area contributed by atoms with Gasteiger partial charge in [0.05, 0.1) is 5.75 Å². The molecule has 1 aromatic carbocycles. The fraction of sp³-hybridized carbons (Fsp3) is 0.417. The Morgan fingerprint density at radius 3 is 2.53 bits per heavy atom. The number of sulfone groups is 1. The quantitative estimate of drug-likeness (QED) is 0.723. The summed E-state index contributed by atoms with van der Waals surface area (Å²) in [7, 11) is -3.76. The van der Waals surface area contributed by atoms with Crippen molar-refractivity contribution in [3.05, 3.63) is 24.3 Å². The lowest BCUT2D eigenvalue weighted by Crippen LogP contribution is -2.13. The molecule has 1 rings (SSSR count). The highest BCUT2D eigenvalue weighted by molar-refractivity contribution is 7.91. The van der Waals surface area contributed by atoms with E-state index in [9.17, 15) is 22.0 Å². The maximum Gasteiger partial charge on any atom is 0.387 e. The molecule has 0 amide bonds. The molecule has 0 N–H and O–H groups in total. The molecule has 0 saturated heterocycles. The van der Waals surface area contributed by atoms with E-state index in [2.05, 4.69) is 4.74 Å². The van der Waals surface area contributed by atoms with E-state index in [0.29, 0.717) is 6.29 Å². The summed E-state index contributed by atoms with van der Waals surface area (Å²) < 4.78 is 52.6. The number of rotatable bonds is 7. The fourth-order valence-electron chi connectivity index (χ4n) is 1.42. The van der Waals surface area contributed by atoms with Gasteiger partial charge < -0.3 is 9.53 Å². The molecule has 0 saturated carbocycles. The van der Waals surface area contributed by atoms with Crippen LogP contribution in [0.2, 0.25) is 0 Å². The predicted octanol–water partition coefficient (Wildman–Crippen LogP) is 2.29. The van der Waals surface area contributed by atoms with Crippen LogP contribution in [-0.4, -0.2) is 27.1 Å². The van der Waals surface area contributed by atoms with Crippen molar-refractivity contribution < 1.29 is 26.7 Å². The number of carbonyl (C=O) groups is 1. The van der Waals surface area contributed by atoms with Gasteiger partial charge in [-0.25, -0.2) is 8.42 Å². The van der Waals surface area contributed by atoms with Gasteiger partial charge in [0.15, 0.2) is 9.84 Å². The number of aldehydes is 1. The van der Waals surface area contributed by atoms with Crippen molar-refractivity contribution in [3.63, 3.8) is 0 Å².